The van der Waals surface area contributed by atoms with Gasteiger partial charge in [0, 0.05) is 6.20 Å². The van der Waals surface area contributed by atoms with E-state index in [0.29, 0.717) is 11.4 Å². The van der Waals surface area contributed by atoms with Crippen LogP contribution >= 0.6 is 12.4 Å². The molecule has 0 aliphatic rings. The van der Waals surface area contributed by atoms with E-state index in [1.54, 1.807) is 6.20 Å². The van der Waals surface area contributed by atoms with E-state index in [1.807, 2.05) is 12.1 Å². The maximum Gasteiger partial charge on any atom is 0.135 e. The SMILES string of the molecule is C[Si](C)(C)C#Cc1ncccc1N.Cl. The van der Waals surface area contributed by atoms with Crippen LogP contribution in [0.1, 0.15) is 5.69 Å². The Kier molecular flexibility index (Phi) is 4.68. The average Bonchev–Trinajstić information content (AvgIpc) is 2.01. The maximum atomic E-state index is 5.70. The summed E-state index contributed by atoms with van der Waals surface area (Å²) < 4.78 is 0. The van der Waals surface area contributed by atoms with Gasteiger partial charge in [-0.1, -0.05) is 25.6 Å². The molecule has 1 aromatic rings. The third-order valence-electron chi connectivity index (χ3n) is 1.39. The van der Waals surface area contributed by atoms with Gasteiger partial charge in [0.05, 0.1) is 5.69 Å². The Balaban J connectivity index is 0.00000169. The summed E-state index contributed by atoms with van der Waals surface area (Å²) in [5.74, 6) is 3.03. The Morgan fingerprint density at radius 1 is 1.36 bits per heavy atom. The van der Waals surface area contributed by atoms with Crippen molar-refractivity contribution in [3.8, 4) is 11.5 Å². The van der Waals surface area contributed by atoms with E-state index in [1.165, 1.54) is 0 Å². The van der Waals surface area contributed by atoms with Crippen molar-refractivity contribution >= 4 is 26.2 Å². The van der Waals surface area contributed by atoms with Crippen molar-refractivity contribution < 1.29 is 0 Å². The molecule has 0 radical (unpaired) electrons. The first-order valence-electron chi connectivity index (χ1n) is 4.23. The molecule has 0 bridgehead atoms. The number of hydrogen-bond donors (Lipinski definition) is 1. The molecule has 0 aromatic carbocycles. The van der Waals surface area contributed by atoms with Crippen molar-refractivity contribution in [3.63, 3.8) is 0 Å². The summed E-state index contributed by atoms with van der Waals surface area (Å²) >= 11 is 0. The molecule has 0 aliphatic carbocycles. The summed E-state index contributed by atoms with van der Waals surface area (Å²) in [7, 11) is -1.32. The zero-order chi connectivity index (χ0) is 9.90. The fourth-order valence-electron chi connectivity index (χ4n) is 0.769. The molecule has 1 heterocycles. The normalized spacial score (nSPS) is 9.64. The molecule has 0 aliphatic heterocycles. The van der Waals surface area contributed by atoms with Crippen LogP contribution in [0.3, 0.4) is 0 Å². The van der Waals surface area contributed by atoms with Crippen molar-refractivity contribution in [3.05, 3.63) is 24.0 Å². The molecule has 1 rings (SSSR count). The summed E-state index contributed by atoms with van der Waals surface area (Å²) in [5, 5.41) is 0. The minimum atomic E-state index is -1.32. The number of nitrogen functional groups attached to an aromatic ring is 1. The van der Waals surface area contributed by atoms with Gasteiger partial charge in [-0.2, -0.15) is 0 Å². The highest BCUT2D eigenvalue weighted by atomic mass is 35.5. The first kappa shape index (κ1) is 13.0. The zero-order valence-corrected chi connectivity index (χ0v) is 10.5. The molecule has 2 N–H and O–H groups in total. The second-order valence-corrected chi connectivity index (χ2v) is 8.69. The Morgan fingerprint density at radius 2 is 2.00 bits per heavy atom. The van der Waals surface area contributed by atoms with Crippen molar-refractivity contribution in [2.24, 2.45) is 0 Å². The smallest absolute Gasteiger partial charge is 0.135 e. The van der Waals surface area contributed by atoms with E-state index in [9.17, 15) is 0 Å². The number of nitrogens with zero attached hydrogens (tertiary/aromatic N) is 1. The molecule has 4 heteroatoms. The molecule has 0 amide bonds. The highest BCUT2D eigenvalue weighted by Gasteiger charge is 2.07. The summed E-state index contributed by atoms with van der Waals surface area (Å²) in [6.45, 7) is 6.58. The monoisotopic (exact) mass is 226 g/mol. The van der Waals surface area contributed by atoms with Gasteiger partial charge >= 0.3 is 0 Å². The lowest BCUT2D eigenvalue weighted by Gasteiger charge is -2.03. The molecular formula is C10H15ClN2Si. The molecule has 0 fully saturated rings. The van der Waals surface area contributed by atoms with Gasteiger partial charge in [-0.05, 0) is 12.1 Å². The van der Waals surface area contributed by atoms with Crippen LogP contribution in [0, 0.1) is 11.5 Å². The standard InChI is InChI=1S/C10H14N2Si.ClH/c1-13(2,3)8-6-10-9(11)5-4-7-12-10;/h4-5,7H,11H2,1-3H3;1H. The predicted molar refractivity (Wildman–Crippen MR) is 66.1 cm³/mol. The van der Waals surface area contributed by atoms with Crippen LogP contribution < -0.4 is 5.73 Å². The number of halogens is 1. The highest BCUT2D eigenvalue weighted by molar-refractivity contribution is 6.83. The number of aromatic nitrogens is 1. The van der Waals surface area contributed by atoms with Crippen LogP contribution in [0.25, 0.3) is 0 Å². The van der Waals surface area contributed by atoms with Crippen LogP contribution in [0.5, 0.6) is 0 Å². The number of pyridine rings is 1. The van der Waals surface area contributed by atoms with Gasteiger partial charge in [0.25, 0.3) is 0 Å². The molecule has 0 atom stereocenters. The topological polar surface area (TPSA) is 38.9 Å². The Bertz CT molecular complexity index is 360. The molecule has 0 spiro atoms. The van der Waals surface area contributed by atoms with Crippen molar-refractivity contribution in [2.45, 2.75) is 19.6 Å². The third-order valence-corrected chi connectivity index (χ3v) is 2.27. The largest absolute Gasteiger partial charge is 0.396 e. The number of rotatable bonds is 0. The van der Waals surface area contributed by atoms with Crippen LogP contribution in [0.15, 0.2) is 18.3 Å². The summed E-state index contributed by atoms with van der Waals surface area (Å²) in [6.07, 6.45) is 1.71. The van der Waals surface area contributed by atoms with E-state index in [-0.39, 0.29) is 12.4 Å². The van der Waals surface area contributed by atoms with E-state index in [4.69, 9.17) is 5.73 Å². The van der Waals surface area contributed by atoms with Crippen LogP contribution in [-0.4, -0.2) is 13.1 Å². The van der Waals surface area contributed by atoms with Gasteiger partial charge in [-0.15, -0.1) is 18.0 Å². The maximum absolute atomic E-state index is 5.70. The van der Waals surface area contributed by atoms with Crippen LogP contribution in [0.2, 0.25) is 19.6 Å². The average molecular weight is 227 g/mol. The molecule has 0 unspecified atom stereocenters. The second kappa shape index (κ2) is 5.04. The first-order valence-corrected chi connectivity index (χ1v) is 7.73. The lowest BCUT2D eigenvalue weighted by molar-refractivity contribution is 1.29. The fraction of sp³-hybridized carbons (Fsp3) is 0.300. The molecule has 2 nitrogen and oxygen atoms in total. The first-order chi connectivity index (χ1) is 5.99. The third kappa shape index (κ3) is 4.31. The lowest BCUT2D eigenvalue weighted by Crippen LogP contribution is -2.16. The number of anilines is 1. The van der Waals surface area contributed by atoms with Gasteiger partial charge in [-0.3, -0.25) is 0 Å². The molecule has 76 valence electrons. The van der Waals surface area contributed by atoms with Crippen LogP contribution in [0.4, 0.5) is 5.69 Å². The predicted octanol–water partition coefficient (Wildman–Crippen LogP) is 2.31. The van der Waals surface area contributed by atoms with Gasteiger partial charge in [0.2, 0.25) is 0 Å². The molecule has 14 heavy (non-hydrogen) atoms. The van der Waals surface area contributed by atoms with Gasteiger partial charge in [0.15, 0.2) is 0 Å². The number of nitrogens with two attached hydrogens (primary N) is 1. The van der Waals surface area contributed by atoms with Gasteiger partial charge in [0.1, 0.15) is 13.8 Å². The zero-order valence-electron chi connectivity index (χ0n) is 8.66. The molecule has 0 saturated carbocycles. The Morgan fingerprint density at radius 3 is 2.50 bits per heavy atom. The Labute approximate surface area is 92.3 Å². The quantitative estimate of drug-likeness (QED) is 0.545. The second-order valence-electron chi connectivity index (χ2n) is 3.94. The van der Waals surface area contributed by atoms with Crippen molar-refractivity contribution in [1.82, 2.24) is 4.98 Å². The van der Waals surface area contributed by atoms with Crippen molar-refractivity contribution in [2.75, 3.05) is 5.73 Å². The summed E-state index contributed by atoms with van der Waals surface area (Å²) in [5.41, 5.74) is 10.3. The Hall–Kier alpha value is -0.983. The highest BCUT2D eigenvalue weighted by Crippen LogP contribution is 2.05. The minimum Gasteiger partial charge on any atom is -0.396 e. The summed E-state index contributed by atoms with van der Waals surface area (Å²) in [4.78, 5) is 4.10. The van der Waals surface area contributed by atoms with Gasteiger partial charge in [-0.25, -0.2) is 4.98 Å². The molecule has 0 saturated heterocycles. The number of hydrogen-bond acceptors (Lipinski definition) is 2. The fourth-order valence-corrected chi connectivity index (χ4v) is 1.26. The molecular weight excluding hydrogens is 212 g/mol. The summed E-state index contributed by atoms with van der Waals surface area (Å²) in [6, 6.07) is 3.64. The van der Waals surface area contributed by atoms with E-state index in [2.05, 4.69) is 36.1 Å². The van der Waals surface area contributed by atoms with E-state index in [0.717, 1.165) is 0 Å². The van der Waals surface area contributed by atoms with E-state index >= 15 is 0 Å². The van der Waals surface area contributed by atoms with Crippen molar-refractivity contribution in [1.29, 1.82) is 0 Å². The molecule has 1 aromatic heterocycles. The minimum absolute atomic E-state index is 0. The van der Waals surface area contributed by atoms with E-state index < -0.39 is 8.07 Å². The lowest BCUT2D eigenvalue weighted by atomic mass is 10.3. The van der Waals surface area contributed by atoms with Crippen LogP contribution in [-0.2, 0) is 0 Å². The van der Waals surface area contributed by atoms with Gasteiger partial charge < -0.3 is 5.73 Å².